The number of unbranched alkanes of at least 4 members (excludes halogenated alkanes) is 2. The Balaban J connectivity index is 1.91. The lowest BCUT2D eigenvalue weighted by Gasteiger charge is -2.16. The third-order valence-corrected chi connectivity index (χ3v) is 12.1. The highest BCUT2D eigenvalue weighted by molar-refractivity contribution is 7.19. The van der Waals surface area contributed by atoms with Gasteiger partial charge in [-0.3, -0.25) is 0 Å². The van der Waals surface area contributed by atoms with Crippen molar-refractivity contribution in [1.82, 2.24) is 0 Å². The Hall–Kier alpha value is -3.68. The lowest BCUT2D eigenvalue weighted by atomic mass is 9.90. The van der Waals surface area contributed by atoms with Gasteiger partial charge in [0.2, 0.25) is 0 Å². The summed E-state index contributed by atoms with van der Waals surface area (Å²) in [7, 11) is 0. The normalized spacial score (nSPS) is 12.4. The molecule has 0 bridgehead atoms. The topological polar surface area (TPSA) is 95.2 Å². The predicted octanol–water partition coefficient (Wildman–Crippen LogP) is 10.7. The summed E-state index contributed by atoms with van der Waals surface area (Å²) in [5.74, 6) is 1.47. The Labute approximate surface area is 282 Å². The highest BCUT2D eigenvalue weighted by Gasteiger charge is 2.18. The van der Waals surface area contributed by atoms with Gasteiger partial charge in [0, 0.05) is 20.2 Å². The van der Waals surface area contributed by atoms with E-state index in [2.05, 4.69) is 76.2 Å². The third kappa shape index (κ3) is 7.99. The first-order valence-electron chi connectivity index (χ1n) is 17.3. The lowest BCUT2D eigenvalue weighted by Crippen LogP contribution is -2.01. The number of rotatable bonds is 16. The van der Waals surface area contributed by atoms with Gasteiger partial charge in [0.1, 0.15) is 35.4 Å². The molecule has 0 saturated heterocycles. The van der Waals surface area contributed by atoms with Gasteiger partial charge in [-0.15, -0.1) is 22.7 Å². The zero-order valence-electron chi connectivity index (χ0n) is 28.0. The van der Waals surface area contributed by atoms with E-state index >= 15 is 0 Å². The highest BCUT2D eigenvalue weighted by Crippen LogP contribution is 2.39. The molecule has 0 radical (unpaired) electrons. The van der Waals surface area contributed by atoms with Crippen LogP contribution in [0.4, 0.5) is 0 Å². The first-order chi connectivity index (χ1) is 22.5. The average Bonchev–Trinajstić information content (AvgIpc) is 3.72. The van der Waals surface area contributed by atoms with Gasteiger partial charge in [0.15, 0.2) is 0 Å². The van der Waals surface area contributed by atoms with Crippen molar-refractivity contribution < 1.29 is 0 Å². The fourth-order valence-electron chi connectivity index (χ4n) is 6.88. The van der Waals surface area contributed by atoms with Crippen LogP contribution < -0.4 is 9.06 Å². The van der Waals surface area contributed by atoms with Crippen LogP contribution in [0.25, 0.3) is 42.1 Å². The van der Waals surface area contributed by atoms with Crippen LogP contribution in [0.15, 0.2) is 24.3 Å². The number of hydrogen-bond acceptors (Lipinski definition) is 6. The summed E-state index contributed by atoms with van der Waals surface area (Å²) in [4.78, 5) is 0. The molecule has 2 aromatic heterocycles. The monoisotopic (exact) mass is 646 g/mol. The van der Waals surface area contributed by atoms with Crippen LogP contribution in [0.2, 0.25) is 0 Å². The van der Waals surface area contributed by atoms with Crippen molar-refractivity contribution in [2.45, 2.75) is 118 Å². The fraction of sp³-hybridized carbons (Fsp3) is 0.500. The van der Waals surface area contributed by atoms with E-state index in [1.165, 1.54) is 75.3 Å². The smallest absolute Gasteiger partial charge is 0.146 e. The van der Waals surface area contributed by atoms with Gasteiger partial charge in [-0.1, -0.05) is 91.9 Å². The van der Waals surface area contributed by atoms with Crippen molar-refractivity contribution >= 4 is 64.8 Å². The number of nitrogens with zero attached hydrogens (tertiary/aromatic N) is 4. The molecule has 6 heteroatoms. The third-order valence-electron chi connectivity index (χ3n) is 9.72. The lowest BCUT2D eigenvalue weighted by molar-refractivity contribution is 0.410. The summed E-state index contributed by atoms with van der Waals surface area (Å²) < 4.78 is 3.70. The molecule has 0 aliphatic rings. The molecule has 0 saturated carbocycles. The summed E-state index contributed by atoms with van der Waals surface area (Å²) in [6, 6.07) is 17.2. The zero-order chi connectivity index (χ0) is 33.1. The average molecular weight is 647 g/mol. The molecule has 2 aromatic carbocycles. The molecular formula is C40H46N4S2. The molecule has 4 aromatic rings. The summed E-state index contributed by atoms with van der Waals surface area (Å²) in [5.41, 5.74) is 2.82. The van der Waals surface area contributed by atoms with E-state index in [1.54, 1.807) is 22.7 Å². The SMILES string of the molecule is CCCCC(CC)CCCc1cc2c(cc(CCCC(CC)CCCC)c3cc(=C(C#N)C#N)sc32)c2sc(=C(C#N)C#N)cc12. The van der Waals surface area contributed by atoms with E-state index in [1.807, 2.05) is 0 Å². The molecule has 46 heavy (non-hydrogen) atoms. The molecule has 0 fully saturated rings. The summed E-state index contributed by atoms with van der Waals surface area (Å²) in [6.07, 6.45) is 16.4. The molecular weight excluding hydrogens is 601 g/mol. The van der Waals surface area contributed by atoms with E-state index < -0.39 is 0 Å². The van der Waals surface area contributed by atoms with Gasteiger partial charge < -0.3 is 0 Å². The second-order valence-electron chi connectivity index (χ2n) is 12.7. The number of fused-ring (bicyclic) bond motifs is 5. The summed E-state index contributed by atoms with van der Waals surface area (Å²) in [5, 5.41) is 43.5. The number of thiophene rings is 2. The van der Waals surface area contributed by atoms with Crippen LogP contribution >= 0.6 is 22.7 Å². The predicted molar refractivity (Wildman–Crippen MR) is 196 cm³/mol. The van der Waals surface area contributed by atoms with Crippen molar-refractivity contribution in [3.8, 4) is 24.3 Å². The van der Waals surface area contributed by atoms with E-state index in [0.717, 1.165) is 77.5 Å². The van der Waals surface area contributed by atoms with Crippen molar-refractivity contribution in [3.05, 3.63) is 44.5 Å². The Morgan fingerprint density at radius 3 is 1.24 bits per heavy atom. The standard InChI is InChI=1S/C40H46N4S2/c1-5-9-13-27(7-3)15-11-17-29-19-35-36(39-33(29)21-37(45-39)31(23-41)24-42)20-30(18-12-16-28(8-4)14-10-6-2)34-22-38(46-40(34)35)32(25-43)26-44/h19-22,27-28H,5-18H2,1-4H3. The summed E-state index contributed by atoms with van der Waals surface area (Å²) >= 11 is 3.09. The van der Waals surface area contributed by atoms with Gasteiger partial charge in [0.05, 0.1) is 9.06 Å². The van der Waals surface area contributed by atoms with Crippen molar-refractivity contribution in [2.75, 3.05) is 0 Å². The van der Waals surface area contributed by atoms with Gasteiger partial charge in [0.25, 0.3) is 0 Å². The molecule has 2 heterocycles. The molecule has 0 spiro atoms. The second-order valence-corrected chi connectivity index (χ2v) is 14.8. The molecule has 4 rings (SSSR count). The number of nitriles is 4. The quantitative estimate of drug-likeness (QED) is 0.121. The minimum atomic E-state index is 0.158. The number of hydrogen-bond donors (Lipinski definition) is 0. The Morgan fingerprint density at radius 1 is 0.543 bits per heavy atom. The highest BCUT2D eigenvalue weighted by atomic mass is 32.1. The maximum absolute atomic E-state index is 9.73. The minimum absolute atomic E-state index is 0.158. The van der Waals surface area contributed by atoms with Gasteiger partial charge in [-0.2, -0.15) is 21.0 Å². The Kier molecular flexibility index (Phi) is 13.2. The van der Waals surface area contributed by atoms with Crippen molar-refractivity contribution in [3.63, 3.8) is 0 Å². The number of aryl methyl sites for hydroxylation is 2. The van der Waals surface area contributed by atoms with E-state index in [4.69, 9.17) is 0 Å². The maximum Gasteiger partial charge on any atom is 0.146 e. The molecule has 238 valence electrons. The molecule has 2 unspecified atom stereocenters. The molecule has 0 amide bonds. The number of benzene rings is 2. The maximum atomic E-state index is 9.73. The molecule has 0 aliphatic carbocycles. The van der Waals surface area contributed by atoms with Gasteiger partial charge in [-0.05, 0) is 83.7 Å². The fourth-order valence-corrected chi connectivity index (χ4v) is 9.22. The van der Waals surface area contributed by atoms with Crippen LogP contribution in [0.1, 0.15) is 116 Å². The van der Waals surface area contributed by atoms with Crippen LogP contribution in [-0.2, 0) is 12.8 Å². The van der Waals surface area contributed by atoms with Gasteiger partial charge in [-0.25, -0.2) is 0 Å². The van der Waals surface area contributed by atoms with Crippen molar-refractivity contribution in [2.24, 2.45) is 11.8 Å². The molecule has 4 nitrogen and oxygen atoms in total. The molecule has 0 N–H and O–H groups in total. The molecule has 0 aliphatic heterocycles. The first-order valence-corrected chi connectivity index (χ1v) is 18.9. The Bertz CT molecular complexity index is 1790. The second kappa shape index (κ2) is 17.3. The Morgan fingerprint density at radius 2 is 0.913 bits per heavy atom. The largest absolute Gasteiger partial charge is 0.192 e. The van der Waals surface area contributed by atoms with Crippen LogP contribution in [0, 0.1) is 57.2 Å². The van der Waals surface area contributed by atoms with Crippen molar-refractivity contribution in [1.29, 1.82) is 21.0 Å². The van der Waals surface area contributed by atoms with Crippen LogP contribution in [0.3, 0.4) is 0 Å². The first kappa shape index (κ1) is 35.2. The van der Waals surface area contributed by atoms with Crippen LogP contribution in [-0.4, -0.2) is 0 Å². The van der Waals surface area contributed by atoms with E-state index in [0.29, 0.717) is 0 Å². The zero-order valence-corrected chi connectivity index (χ0v) is 29.6. The molecule has 2 atom stereocenters. The van der Waals surface area contributed by atoms with Gasteiger partial charge >= 0.3 is 0 Å². The van der Waals surface area contributed by atoms with Crippen LogP contribution in [0.5, 0.6) is 0 Å². The van der Waals surface area contributed by atoms with E-state index in [9.17, 15) is 21.0 Å². The summed E-state index contributed by atoms with van der Waals surface area (Å²) in [6.45, 7) is 9.11. The van der Waals surface area contributed by atoms with E-state index in [-0.39, 0.29) is 11.1 Å². The minimum Gasteiger partial charge on any atom is -0.192 e.